The molecule has 4 nitrogen and oxygen atoms in total. The van der Waals surface area contributed by atoms with Gasteiger partial charge in [0.05, 0.1) is 5.69 Å². The molecule has 1 aromatic rings. The molecule has 0 aromatic heterocycles. The first-order chi connectivity index (χ1) is 10.6. The number of nitrogens with zero attached hydrogens (tertiary/aromatic N) is 2. The van der Waals surface area contributed by atoms with Crippen molar-refractivity contribution in [2.45, 2.75) is 65.6 Å². The summed E-state index contributed by atoms with van der Waals surface area (Å²) in [5.74, 6) is 0.905. The van der Waals surface area contributed by atoms with Gasteiger partial charge in [0, 0.05) is 5.41 Å². The molecule has 1 aliphatic heterocycles. The van der Waals surface area contributed by atoms with Gasteiger partial charge in [0.25, 0.3) is 0 Å². The number of rotatable bonds is 8. The maximum Gasteiger partial charge on any atom is 0.226 e. The van der Waals surface area contributed by atoms with Crippen LogP contribution in [0.2, 0.25) is 0 Å². The molecule has 0 aliphatic carbocycles. The minimum atomic E-state index is -0.779. The number of hydrazone groups is 1. The van der Waals surface area contributed by atoms with Crippen LogP contribution in [0.5, 0.6) is 0 Å². The van der Waals surface area contributed by atoms with E-state index in [0.717, 1.165) is 24.4 Å². The predicted molar refractivity (Wildman–Crippen MR) is 92.7 cm³/mol. The van der Waals surface area contributed by atoms with Gasteiger partial charge in [-0.25, -0.2) is 5.01 Å². The smallest absolute Gasteiger partial charge is 0.226 e. The van der Waals surface area contributed by atoms with Gasteiger partial charge in [0.1, 0.15) is 5.84 Å². The third-order valence-corrected chi connectivity index (χ3v) is 4.66. The molecular formula is C18H29N3O. The van der Waals surface area contributed by atoms with Crippen molar-refractivity contribution < 1.29 is 5.11 Å². The molecule has 1 heterocycles. The van der Waals surface area contributed by atoms with Crippen molar-refractivity contribution in [3.05, 3.63) is 30.3 Å². The SMILES string of the molecule is CCCCCCC(C)(CC)C1=NN(c2ccccc2)C(O)N1. The third kappa shape index (κ3) is 3.80. The first-order valence-electron chi connectivity index (χ1n) is 8.48. The lowest BCUT2D eigenvalue weighted by Gasteiger charge is -2.28. The Morgan fingerprint density at radius 2 is 1.91 bits per heavy atom. The molecule has 2 atom stereocenters. The molecule has 0 fully saturated rings. The highest BCUT2D eigenvalue weighted by Crippen LogP contribution is 2.33. The number of unbranched alkanes of at least 4 members (excludes halogenated alkanes) is 3. The summed E-state index contributed by atoms with van der Waals surface area (Å²) in [7, 11) is 0. The van der Waals surface area contributed by atoms with Crippen LogP contribution in [0, 0.1) is 5.41 Å². The van der Waals surface area contributed by atoms with Crippen molar-refractivity contribution in [2.24, 2.45) is 10.5 Å². The first-order valence-corrected chi connectivity index (χ1v) is 8.48. The van der Waals surface area contributed by atoms with Crippen LogP contribution in [0.3, 0.4) is 0 Å². The van der Waals surface area contributed by atoms with E-state index in [-0.39, 0.29) is 5.41 Å². The molecule has 0 saturated heterocycles. The molecule has 2 unspecified atom stereocenters. The molecule has 2 rings (SSSR count). The Morgan fingerprint density at radius 1 is 1.18 bits per heavy atom. The lowest BCUT2D eigenvalue weighted by molar-refractivity contribution is 0.163. The van der Waals surface area contributed by atoms with E-state index in [9.17, 15) is 5.11 Å². The van der Waals surface area contributed by atoms with Crippen molar-refractivity contribution in [3.8, 4) is 0 Å². The van der Waals surface area contributed by atoms with Crippen LogP contribution in [-0.4, -0.2) is 17.3 Å². The van der Waals surface area contributed by atoms with Crippen LogP contribution in [0.1, 0.15) is 59.3 Å². The van der Waals surface area contributed by atoms with Crippen molar-refractivity contribution in [1.82, 2.24) is 5.32 Å². The highest BCUT2D eigenvalue weighted by atomic mass is 16.3. The van der Waals surface area contributed by atoms with E-state index < -0.39 is 6.35 Å². The van der Waals surface area contributed by atoms with Gasteiger partial charge in [-0.05, 0) is 25.0 Å². The molecule has 1 aliphatic rings. The Labute approximate surface area is 134 Å². The second-order valence-electron chi connectivity index (χ2n) is 6.37. The molecule has 1 aromatic carbocycles. The monoisotopic (exact) mass is 303 g/mol. The minimum absolute atomic E-state index is 0.00173. The number of hydrogen-bond acceptors (Lipinski definition) is 4. The summed E-state index contributed by atoms with van der Waals surface area (Å²) in [6, 6.07) is 9.80. The molecule has 0 bridgehead atoms. The Hall–Kier alpha value is -1.55. The second-order valence-corrected chi connectivity index (χ2v) is 6.37. The lowest BCUT2D eigenvalue weighted by atomic mass is 9.80. The van der Waals surface area contributed by atoms with Crippen molar-refractivity contribution in [1.29, 1.82) is 0 Å². The fourth-order valence-corrected chi connectivity index (χ4v) is 2.85. The van der Waals surface area contributed by atoms with Crippen LogP contribution in [0.4, 0.5) is 5.69 Å². The van der Waals surface area contributed by atoms with Gasteiger partial charge in [-0.2, -0.15) is 5.10 Å². The topological polar surface area (TPSA) is 47.9 Å². The van der Waals surface area contributed by atoms with Crippen LogP contribution < -0.4 is 10.3 Å². The average Bonchev–Trinajstić information content (AvgIpc) is 2.95. The molecule has 122 valence electrons. The molecule has 2 N–H and O–H groups in total. The Bertz CT molecular complexity index is 488. The highest BCUT2D eigenvalue weighted by Gasteiger charge is 2.36. The largest absolute Gasteiger partial charge is 0.355 e. The average molecular weight is 303 g/mol. The van der Waals surface area contributed by atoms with Crippen LogP contribution >= 0.6 is 0 Å². The zero-order chi connectivity index (χ0) is 16.0. The van der Waals surface area contributed by atoms with Crippen LogP contribution in [0.25, 0.3) is 0 Å². The Kier molecular flexibility index (Phi) is 5.83. The fraction of sp³-hybridized carbons (Fsp3) is 0.611. The summed E-state index contributed by atoms with van der Waals surface area (Å²) < 4.78 is 0. The summed E-state index contributed by atoms with van der Waals surface area (Å²) in [6.07, 6.45) is 6.36. The van der Waals surface area contributed by atoms with Gasteiger partial charge in [0.15, 0.2) is 0 Å². The number of nitrogens with one attached hydrogen (secondary N) is 1. The highest BCUT2D eigenvalue weighted by molar-refractivity contribution is 5.90. The maximum absolute atomic E-state index is 10.3. The summed E-state index contributed by atoms with van der Waals surface area (Å²) in [4.78, 5) is 0. The van der Waals surface area contributed by atoms with Gasteiger partial charge in [-0.1, -0.05) is 64.7 Å². The first kappa shape index (κ1) is 16.8. The molecule has 4 heteroatoms. The summed E-state index contributed by atoms with van der Waals surface area (Å²) in [6.45, 7) is 6.67. The minimum Gasteiger partial charge on any atom is -0.355 e. The molecular weight excluding hydrogens is 274 g/mol. The van der Waals surface area contributed by atoms with Crippen molar-refractivity contribution >= 4 is 11.5 Å². The zero-order valence-corrected chi connectivity index (χ0v) is 14.0. The second kappa shape index (κ2) is 7.63. The van der Waals surface area contributed by atoms with Gasteiger partial charge in [-0.3, -0.25) is 0 Å². The van der Waals surface area contributed by atoms with Gasteiger partial charge in [-0.15, -0.1) is 0 Å². The fourth-order valence-electron chi connectivity index (χ4n) is 2.85. The van der Waals surface area contributed by atoms with Gasteiger partial charge < -0.3 is 10.4 Å². The number of anilines is 1. The van der Waals surface area contributed by atoms with E-state index >= 15 is 0 Å². The standard InChI is InChI=1S/C18H29N3O/c1-4-6-7-11-14-18(3,5-2)16-19-17(22)21(20-16)15-12-9-8-10-13-15/h8-10,12-13,17,22H,4-7,11,14H2,1-3H3,(H,19,20). The maximum atomic E-state index is 10.3. The summed E-state index contributed by atoms with van der Waals surface area (Å²) in [5, 5.41) is 19.8. The third-order valence-electron chi connectivity index (χ3n) is 4.66. The Balaban J connectivity index is 2.09. The predicted octanol–water partition coefficient (Wildman–Crippen LogP) is 4.07. The Morgan fingerprint density at radius 3 is 2.55 bits per heavy atom. The number of benzene rings is 1. The molecule has 0 saturated carbocycles. The summed E-state index contributed by atoms with van der Waals surface area (Å²) in [5.41, 5.74) is 0.903. The normalized spacial score (nSPS) is 20.5. The van der Waals surface area contributed by atoms with E-state index in [4.69, 9.17) is 0 Å². The van der Waals surface area contributed by atoms with E-state index in [1.165, 1.54) is 25.7 Å². The summed E-state index contributed by atoms with van der Waals surface area (Å²) >= 11 is 0. The number of aliphatic hydroxyl groups is 1. The molecule has 22 heavy (non-hydrogen) atoms. The zero-order valence-electron chi connectivity index (χ0n) is 14.0. The lowest BCUT2D eigenvalue weighted by Crippen LogP contribution is -2.42. The van der Waals surface area contributed by atoms with E-state index in [2.05, 4.69) is 31.2 Å². The van der Waals surface area contributed by atoms with Gasteiger partial charge in [0.2, 0.25) is 6.35 Å². The quantitative estimate of drug-likeness (QED) is 0.712. The number of amidine groups is 1. The van der Waals surface area contributed by atoms with Crippen LogP contribution in [-0.2, 0) is 0 Å². The molecule has 0 spiro atoms. The number of aliphatic hydroxyl groups excluding tert-OH is 1. The number of para-hydroxylation sites is 1. The van der Waals surface area contributed by atoms with E-state index in [1.807, 2.05) is 30.3 Å². The molecule has 0 radical (unpaired) electrons. The van der Waals surface area contributed by atoms with Crippen molar-refractivity contribution in [2.75, 3.05) is 5.01 Å². The van der Waals surface area contributed by atoms with Gasteiger partial charge >= 0.3 is 0 Å². The van der Waals surface area contributed by atoms with E-state index in [0.29, 0.717) is 0 Å². The molecule has 0 amide bonds. The van der Waals surface area contributed by atoms with E-state index in [1.54, 1.807) is 5.01 Å². The van der Waals surface area contributed by atoms with Crippen molar-refractivity contribution in [3.63, 3.8) is 0 Å². The number of hydrogen-bond donors (Lipinski definition) is 2. The van der Waals surface area contributed by atoms with Crippen LogP contribution in [0.15, 0.2) is 35.4 Å².